The predicted molar refractivity (Wildman–Crippen MR) is 69.0 cm³/mol. The van der Waals surface area contributed by atoms with Crippen LogP contribution in [0.2, 0.25) is 0 Å². The summed E-state index contributed by atoms with van der Waals surface area (Å²) in [5, 5.41) is 0. The molecule has 2 rings (SSSR count). The summed E-state index contributed by atoms with van der Waals surface area (Å²) in [5.41, 5.74) is 6.84. The second-order valence-electron chi connectivity index (χ2n) is 4.72. The van der Waals surface area contributed by atoms with Crippen LogP contribution in [0, 0.1) is 12.3 Å². The topological polar surface area (TPSA) is 61.5 Å². The van der Waals surface area contributed by atoms with Crippen LogP contribution in [0.25, 0.3) is 0 Å². The van der Waals surface area contributed by atoms with Crippen molar-refractivity contribution in [2.75, 3.05) is 26.4 Å². The average molecular weight is 249 g/mol. The molecule has 0 spiro atoms. The maximum absolute atomic E-state index is 12.4. The normalized spacial score (nSPS) is 17.1. The third-order valence-electron chi connectivity index (χ3n) is 3.37. The van der Waals surface area contributed by atoms with Crippen LogP contribution in [-0.2, 0) is 4.74 Å². The van der Waals surface area contributed by atoms with Gasteiger partial charge in [0.05, 0.1) is 25.2 Å². The van der Waals surface area contributed by atoms with Gasteiger partial charge < -0.3 is 15.2 Å². The number of ketones is 1. The first-order valence-corrected chi connectivity index (χ1v) is 6.19. The first-order valence-electron chi connectivity index (χ1n) is 6.19. The molecule has 0 atom stereocenters. The van der Waals surface area contributed by atoms with Crippen molar-refractivity contribution in [3.8, 4) is 5.75 Å². The van der Waals surface area contributed by atoms with E-state index < -0.39 is 5.41 Å². The summed E-state index contributed by atoms with van der Waals surface area (Å²) in [6.07, 6.45) is 0. The lowest BCUT2D eigenvalue weighted by Crippen LogP contribution is -2.54. The van der Waals surface area contributed by atoms with Crippen molar-refractivity contribution in [3.63, 3.8) is 0 Å². The molecule has 18 heavy (non-hydrogen) atoms. The number of carbonyl (C=O) groups is 1. The van der Waals surface area contributed by atoms with Gasteiger partial charge in [-0.25, -0.2) is 0 Å². The number of Topliss-reactive ketones (excluding diaryl/α,β-unsaturated/α-hetero) is 1. The van der Waals surface area contributed by atoms with Crippen LogP contribution in [0.15, 0.2) is 18.2 Å². The van der Waals surface area contributed by atoms with Crippen molar-refractivity contribution in [2.24, 2.45) is 11.1 Å². The summed E-state index contributed by atoms with van der Waals surface area (Å²) >= 11 is 0. The standard InChI is InChI=1S/C14H19NO3/c1-3-18-12-5-4-11(6-10(12)2)13(16)14(7-15)8-17-9-14/h4-6H,3,7-9,15H2,1-2H3. The van der Waals surface area contributed by atoms with E-state index in [1.165, 1.54) is 0 Å². The second-order valence-corrected chi connectivity index (χ2v) is 4.72. The number of carbonyl (C=O) groups excluding carboxylic acids is 1. The Morgan fingerprint density at radius 3 is 2.67 bits per heavy atom. The van der Waals surface area contributed by atoms with Gasteiger partial charge in [-0.05, 0) is 37.6 Å². The molecule has 2 N–H and O–H groups in total. The minimum absolute atomic E-state index is 0.0717. The zero-order chi connectivity index (χ0) is 13.2. The minimum atomic E-state index is -0.514. The van der Waals surface area contributed by atoms with Gasteiger partial charge in [0.1, 0.15) is 5.75 Å². The van der Waals surface area contributed by atoms with E-state index in [0.717, 1.165) is 11.3 Å². The molecular weight excluding hydrogens is 230 g/mol. The molecule has 1 aliphatic heterocycles. The van der Waals surface area contributed by atoms with Crippen molar-refractivity contribution >= 4 is 5.78 Å². The van der Waals surface area contributed by atoms with Gasteiger partial charge >= 0.3 is 0 Å². The highest BCUT2D eigenvalue weighted by atomic mass is 16.5. The summed E-state index contributed by atoms with van der Waals surface area (Å²) in [7, 11) is 0. The SMILES string of the molecule is CCOc1ccc(C(=O)C2(CN)COC2)cc1C. The molecule has 1 aromatic carbocycles. The number of aryl methyl sites for hydroxylation is 1. The summed E-state index contributed by atoms with van der Waals surface area (Å²) < 4.78 is 10.6. The summed E-state index contributed by atoms with van der Waals surface area (Å²) in [6, 6.07) is 5.51. The molecule has 0 radical (unpaired) electrons. The van der Waals surface area contributed by atoms with E-state index in [1.807, 2.05) is 26.0 Å². The lowest BCUT2D eigenvalue weighted by Gasteiger charge is -2.38. The third kappa shape index (κ3) is 2.13. The van der Waals surface area contributed by atoms with Gasteiger partial charge in [-0.15, -0.1) is 0 Å². The molecule has 4 nitrogen and oxygen atoms in total. The number of rotatable bonds is 5. The Balaban J connectivity index is 2.23. The predicted octanol–water partition coefficient (Wildman–Crippen LogP) is 1.55. The van der Waals surface area contributed by atoms with Gasteiger partial charge in [-0.3, -0.25) is 4.79 Å². The van der Waals surface area contributed by atoms with Crippen LogP contribution in [0.1, 0.15) is 22.8 Å². The van der Waals surface area contributed by atoms with Crippen molar-refractivity contribution < 1.29 is 14.3 Å². The molecule has 98 valence electrons. The van der Waals surface area contributed by atoms with Crippen LogP contribution in [-0.4, -0.2) is 32.1 Å². The van der Waals surface area contributed by atoms with E-state index in [1.54, 1.807) is 6.07 Å². The van der Waals surface area contributed by atoms with Crippen molar-refractivity contribution in [3.05, 3.63) is 29.3 Å². The monoisotopic (exact) mass is 249 g/mol. The number of benzene rings is 1. The zero-order valence-corrected chi connectivity index (χ0v) is 10.9. The summed E-state index contributed by atoms with van der Waals surface area (Å²) in [5.74, 6) is 0.892. The van der Waals surface area contributed by atoms with Gasteiger partial charge in [0.15, 0.2) is 5.78 Å². The molecular formula is C14H19NO3. The molecule has 1 saturated heterocycles. The largest absolute Gasteiger partial charge is 0.494 e. The molecule has 1 aromatic rings. The van der Waals surface area contributed by atoms with Crippen molar-refractivity contribution in [1.29, 1.82) is 0 Å². The zero-order valence-electron chi connectivity index (χ0n) is 10.9. The molecule has 1 heterocycles. The van der Waals surface area contributed by atoms with Crippen LogP contribution in [0.3, 0.4) is 0 Å². The number of hydrogen-bond donors (Lipinski definition) is 1. The summed E-state index contributed by atoms with van der Waals surface area (Å²) in [6.45, 7) is 5.68. The molecule has 0 aliphatic carbocycles. The Morgan fingerprint density at radius 1 is 1.50 bits per heavy atom. The van der Waals surface area contributed by atoms with E-state index in [4.69, 9.17) is 15.2 Å². The highest BCUT2D eigenvalue weighted by Gasteiger charge is 2.44. The van der Waals surface area contributed by atoms with Crippen molar-refractivity contribution in [2.45, 2.75) is 13.8 Å². The van der Waals surface area contributed by atoms with Gasteiger partial charge in [0.2, 0.25) is 0 Å². The Kier molecular flexibility index (Phi) is 3.68. The first-order chi connectivity index (χ1) is 8.63. The fraction of sp³-hybridized carbons (Fsp3) is 0.500. The molecule has 0 saturated carbocycles. The summed E-state index contributed by atoms with van der Waals surface area (Å²) in [4.78, 5) is 12.4. The van der Waals surface area contributed by atoms with E-state index >= 15 is 0 Å². The smallest absolute Gasteiger partial charge is 0.174 e. The Morgan fingerprint density at radius 2 is 2.22 bits per heavy atom. The van der Waals surface area contributed by atoms with E-state index in [-0.39, 0.29) is 5.78 Å². The minimum Gasteiger partial charge on any atom is -0.494 e. The van der Waals surface area contributed by atoms with Crippen LogP contribution in [0.5, 0.6) is 5.75 Å². The lowest BCUT2D eigenvalue weighted by molar-refractivity contribution is -0.0816. The fourth-order valence-corrected chi connectivity index (χ4v) is 2.10. The molecule has 0 aromatic heterocycles. The van der Waals surface area contributed by atoms with E-state index in [9.17, 15) is 4.79 Å². The molecule has 0 bridgehead atoms. The van der Waals surface area contributed by atoms with Crippen LogP contribution >= 0.6 is 0 Å². The van der Waals surface area contributed by atoms with Gasteiger partial charge in [0, 0.05) is 12.1 Å². The quantitative estimate of drug-likeness (QED) is 0.804. The number of ether oxygens (including phenoxy) is 2. The molecule has 1 fully saturated rings. The second kappa shape index (κ2) is 5.08. The average Bonchev–Trinajstić information content (AvgIpc) is 2.31. The maximum atomic E-state index is 12.4. The highest BCUT2D eigenvalue weighted by molar-refractivity contribution is 6.01. The number of hydrogen-bond acceptors (Lipinski definition) is 4. The third-order valence-corrected chi connectivity index (χ3v) is 3.37. The Hall–Kier alpha value is -1.39. The molecule has 0 unspecified atom stereocenters. The molecule has 1 aliphatic rings. The van der Waals surface area contributed by atoms with Gasteiger partial charge in [0.25, 0.3) is 0 Å². The van der Waals surface area contributed by atoms with Crippen LogP contribution in [0.4, 0.5) is 0 Å². The highest BCUT2D eigenvalue weighted by Crippen LogP contribution is 2.31. The lowest BCUT2D eigenvalue weighted by atomic mass is 9.78. The van der Waals surface area contributed by atoms with E-state index in [0.29, 0.717) is 31.9 Å². The number of nitrogens with two attached hydrogens (primary N) is 1. The Labute approximate surface area is 107 Å². The van der Waals surface area contributed by atoms with Crippen molar-refractivity contribution in [1.82, 2.24) is 0 Å². The fourth-order valence-electron chi connectivity index (χ4n) is 2.10. The van der Waals surface area contributed by atoms with E-state index in [2.05, 4.69) is 0 Å². The first kappa shape index (κ1) is 13.1. The van der Waals surface area contributed by atoms with Gasteiger partial charge in [-0.2, -0.15) is 0 Å². The molecule has 4 heteroatoms. The Bertz CT molecular complexity index is 447. The van der Waals surface area contributed by atoms with Gasteiger partial charge in [-0.1, -0.05) is 0 Å². The van der Waals surface area contributed by atoms with Crippen LogP contribution < -0.4 is 10.5 Å². The maximum Gasteiger partial charge on any atom is 0.174 e. The molecule has 0 amide bonds.